The summed E-state index contributed by atoms with van der Waals surface area (Å²) in [5.74, 6) is -0.462. The van der Waals surface area contributed by atoms with Gasteiger partial charge in [-0.1, -0.05) is 24.3 Å². The number of amides is 1. The maximum absolute atomic E-state index is 10.9. The fourth-order valence-corrected chi connectivity index (χ4v) is 1.01. The molecule has 1 aromatic carbocycles. The normalized spacial score (nSPS) is 10.4. The zero-order valence-corrected chi connectivity index (χ0v) is 7.86. The van der Waals surface area contributed by atoms with Gasteiger partial charge >= 0.3 is 0 Å². The molecule has 3 nitrogen and oxygen atoms in total. The van der Waals surface area contributed by atoms with E-state index in [1.807, 2.05) is 0 Å². The predicted molar refractivity (Wildman–Crippen MR) is 54.7 cm³/mol. The van der Waals surface area contributed by atoms with Crippen molar-refractivity contribution >= 4 is 17.8 Å². The molecular formula is C11H11NO2. The minimum Gasteiger partial charge on any atom is -0.366 e. The number of primary amides is 1. The molecule has 0 heterocycles. The first-order valence-electron chi connectivity index (χ1n) is 4.18. The summed E-state index contributed by atoms with van der Waals surface area (Å²) in [6.07, 6.45) is 2.88. The number of hydrogen-bond donors (Lipinski definition) is 1. The molecule has 1 amide bonds. The Morgan fingerprint density at radius 3 is 2.21 bits per heavy atom. The summed E-state index contributed by atoms with van der Waals surface area (Å²) >= 11 is 0. The Balaban J connectivity index is 2.83. The molecule has 1 aromatic rings. The molecule has 0 fully saturated rings. The van der Waals surface area contributed by atoms with Crippen LogP contribution in [-0.2, 0) is 4.79 Å². The average molecular weight is 189 g/mol. The lowest BCUT2D eigenvalue weighted by atomic mass is 10.1. The molecule has 0 radical (unpaired) electrons. The minimum absolute atomic E-state index is 0.0235. The monoisotopic (exact) mass is 189 g/mol. The largest absolute Gasteiger partial charge is 0.366 e. The smallest absolute Gasteiger partial charge is 0.241 e. The lowest BCUT2D eigenvalue weighted by Crippen LogP contribution is -2.05. The van der Waals surface area contributed by atoms with Crippen molar-refractivity contribution < 1.29 is 9.59 Å². The summed E-state index contributed by atoms with van der Waals surface area (Å²) < 4.78 is 0. The van der Waals surface area contributed by atoms with Gasteiger partial charge in [-0.25, -0.2) is 0 Å². The molecular weight excluding hydrogens is 178 g/mol. The fourth-order valence-electron chi connectivity index (χ4n) is 1.01. The third-order valence-electron chi connectivity index (χ3n) is 1.76. The molecule has 0 saturated heterocycles. The second-order valence-corrected chi connectivity index (χ2v) is 2.91. The van der Waals surface area contributed by atoms with Gasteiger partial charge in [0.25, 0.3) is 0 Å². The Labute approximate surface area is 82.2 Å². The van der Waals surface area contributed by atoms with Crippen molar-refractivity contribution in [3.05, 3.63) is 41.5 Å². The van der Waals surface area contributed by atoms with Crippen LogP contribution in [0.5, 0.6) is 0 Å². The van der Waals surface area contributed by atoms with E-state index in [0.717, 1.165) is 5.56 Å². The van der Waals surface area contributed by atoms with Crippen molar-refractivity contribution in [1.82, 2.24) is 0 Å². The molecule has 0 aliphatic rings. The Bertz CT molecular complexity index is 377. The molecule has 3 heteroatoms. The Morgan fingerprint density at radius 2 is 1.79 bits per heavy atom. The number of carbonyl (C=O) groups is 2. The third-order valence-corrected chi connectivity index (χ3v) is 1.76. The molecule has 14 heavy (non-hydrogen) atoms. The first kappa shape index (κ1) is 10.2. The van der Waals surface area contributed by atoms with E-state index in [2.05, 4.69) is 0 Å². The zero-order chi connectivity index (χ0) is 10.6. The summed E-state index contributed by atoms with van der Waals surface area (Å²) in [5.41, 5.74) is 6.43. The summed E-state index contributed by atoms with van der Waals surface area (Å²) in [5, 5.41) is 0. The van der Waals surface area contributed by atoms with Gasteiger partial charge in [0.1, 0.15) is 0 Å². The van der Waals surface area contributed by atoms with Gasteiger partial charge in [-0.05, 0) is 18.6 Å². The number of hydrogen-bond acceptors (Lipinski definition) is 2. The van der Waals surface area contributed by atoms with Crippen LogP contribution in [0.15, 0.2) is 30.3 Å². The Kier molecular flexibility index (Phi) is 3.18. The maximum Gasteiger partial charge on any atom is 0.241 e. The first-order valence-corrected chi connectivity index (χ1v) is 4.18. The van der Waals surface area contributed by atoms with Crippen LogP contribution in [0.25, 0.3) is 6.08 Å². The molecule has 0 spiro atoms. The van der Waals surface area contributed by atoms with E-state index in [-0.39, 0.29) is 5.78 Å². The molecule has 0 aliphatic heterocycles. The van der Waals surface area contributed by atoms with Gasteiger partial charge in [0.05, 0.1) is 0 Å². The van der Waals surface area contributed by atoms with Gasteiger partial charge in [0, 0.05) is 11.6 Å². The molecule has 2 N–H and O–H groups in total. The zero-order valence-electron chi connectivity index (χ0n) is 7.86. The summed E-state index contributed by atoms with van der Waals surface area (Å²) in [4.78, 5) is 21.4. The van der Waals surface area contributed by atoms with E-state index in [1.54, 1.807) is 30.3 Å². The van der Waals surface area contributed by atoms with E-state index in [1.165, 1.54) is 13.0 Å². The summed E-state index contributed by atoms with van der Waals surface area (Å²) in [6.45, 7) is 1.51. The van der Waals surface area contributed by atoms with Crippen molar-refractivity contribution in [2.24, 2.45) is 5.73 Å². The highest BCUT2D eigenvalue weighted by molar-refractivity contribution is 5.94. The Hall–Kier alpha value is -1.90. The number of carbonyl (C=O) groups excluding carboxylic acids is 2. The van der Waals surface area contributed by atoms with E-state index >= 15 is 0 Å². The number of benzene rings is 1. The minimum atomic E-state index is -0.486. The van der Waals surface area contributed by atoms with E-state index in [4.69, 9.17) is 5.73 Å². The van der Waals surface area contributed by atoms with Gasteiger partial charge in [0.2, 0.25) is 5.91 Å². The van der Waals surface area contributed by atoms with Crippen molar-refractivity contribution in [2.75, 3.05) is 0 Å². The second kappa shape index (κ2) is 4.37. The average Bonchev–Trinajstić information content (AvgIpc) is 2.15. The third kappa shape index (κ3) is 2.86. The van der Waals surface area contributed by atoms with Gasteiger partial charge in [-0.3, -0.25) is 9.59 Å². The van der Waals surface area contributed by atoms with Crippen LogP contribution in [0.3, 0.4) is 0 Å². The SMILES string of the molecule is CC(=O)c1ccc(C=CC(N)=O)cc1. The second-order valence-electron chi connectivity index (χ2n) is 2.91. The van der Waals surface area contributed by atoms with E-state index < -0.39 is 5.91 Å². The lowest BCUT2D eigenvalue weighted by Gasteiger charge is -1.95. The lowest BCUT2D eigenvalue weighted by molar-refractivity contribution is -0.113. The van der Waals surface area contributed by atoms with Crippen molar-refractivity contribution in [3.63, 3.8) is 0 Å². The number of rotatable bonds is 3. The standard InChI is InChI=1S/C11H11NO2/c1-8(13)10-5-2-9(3-6-10)4-7-11(12)14/h2-7H,1H3,(H2,12,14). The Morgan fingerprint density at radius 1 is 1.21 bits per heavy atom. The number of Topliss-reactive ketones (excluding diaryl/α,β-unsaturated/α-hetero) is 1. The van der Waals surface area contributed by atoms with Crippen molar-refractivity contribution in [2.45, 2.75) is 6.92 Å². The van der Waals surface area contributed by atoms with Crippen LogP contribution in [0, 0.1) is 0 Å². The molecule has 0 bridgehead atoms. The van der Waals surface area contributed by atoms with Crippen LogP contribution in [0.1, 0.15) is 22.8 Å². The molecule has 0 atom stereocenters. The van der Waals surface area contributed by atoms with Gasteiger partial charge in [-0.15, -0.1) is 0 Å². The maximum atomic E-state index is 10.9. The summed E-state index contributed by atoms with van der Waals surface area (Å²) in [6, 6.07) is 6.94. The van der Waals surface area contributed by atoms with Crippen LogP contribution < -0.4 is 5.73 Å². The highest BCUT2D eigenvalue weighted by atomic mass is 16.1. The van der Waals surface area contributed by atoms with Crippen molar-refractivity contribution in [1.29, 1.82) is 0 Å². The molecule has 0 aromatic heterocycles. The van der Waals surface area contributed by atoms with Crippen molar-refractivity contribution in [3.8, 4) is 0 Å². The number of ketones is 1. The molecule has 72 valence electrons. The first-order chi connectivity index (χ1) is 6.59. The highest BCUT2D eigenvalue weighted by Gasteiger charge is 1.96. The number of nitrogens with two attached hydrogens (primary N) is 1. The van der Waals surface area contributed by atoms with Crippen LogP contribution >= 0.6 is 0 Å². The van der Waals surface area contributed by atoms with Gasteiger partial charge in [0.15, 0.2) is 5.78 Å². The van der Waals surface area contributed by atoms with Gasteiger partial charge < -0.3 is 5.73 Å². The quantitative estimate of drug-likeness (QED) is 0.577. The van der Waals surface area contributed by atoms with Crippen LogP contribution in [0.4, 0.5) is 0 Å². The van der Waals surface area contributed by atoms with E-state index in [0.29, 0.717) is 5.56 Å². The van der Waals surface area contributed by atoms with Gasteiger partial charge in [-0.2, -0.15) is 0 Å². The summed E-state index contributed by atoms with van der Waals surface area (Å²) in [7, 11) is 0. The topological polar surface area (TPSA) is 60.2 Å². The van der Waals surface area contributed by atoms with Crippen LogP contribution in [0.2, 0.25) is 0 Å². The molecule has 0 aliphatic carbocycles. The fraction of sp³-hybridized carbons (Fsp3) is 0.0909. The molecule has 1 rings (SSSR count). The molecule has 0 unspecified atom stereocenters. The predicted octanol–water partition coefficient (Wildman–Crippen LogP) is 1.39. The highest BCUT2D eigenvalue weighted by Crippen LogP contribution is 2.06. The van der Waals surface area contributed by atoms with E-state index in [9.17, 15) is 9.59 Å². The van der Waals surface area contributed by atoms with Crippen LogP contribution in [-0.4, -0.2) is 11.7 Å². The molecule has 0 saturated carbocycles.